The molecule has 2 aromatic carbocycles. The number of rotatable bonds is 4. The van der Waals surface area contributed by atoms with Crippen LogP contribution in [0.1, 0.15) is 16.7 Å². The quantitative estimate of drug-likeness (QED) is 0.931. The van der Waals surface area contributed by atoms with Crippen molar-refractivity contribution >= 4 is 10.0 Å². The maximum absolute atomic E-state index is 11.6. The van der Waals surface area contributed by atoms with E-state index in [0.29, 0.717) is 6.42 Å². The van der Waals surface area contributed by atoms with Crippen LogP contribution >= 0.6 is 0 Å². The van der Waals surface area contributed by atoms with Crippen LogP contribution in [0.5, 0.6) is 0 Å². The van der Waals surface area contributed by atoms with Gasteiger partial charge in [-0.15, -0.1) is 0 Å². The molecule has 0 spiro atoms. The van der Waals surface area contributed by atoms with E-state index in [9.17, 15) is 8.42 Å². The zero-order valence-corrected chi connectivity index (χ0v) is 11.7. The monoisotopic (exact) mass is 275 g/mol. The molecule has 0 aliphatic rings. The summed E-state index contributed by atoms with van der Waals surface area (Å²) in [6, 6.07) is 15.4. The van der Waals surface area contributed by atoms with E-state index in [4.69, 9.17) is 5.14 Å². The largest absolute Gasteiger partial charge is 0.238 e. The Bertz CT molecular complexity index is 664. The molecule has 0 bridgehead atoms. The number of primary sulfonamides is 1. The van der Waals surface area contributed by atoms with Crippen molar-refractivity contribution < 1.29 is 8.42 Å². The van der Waals surface area contributed by atoms with Gasteiger partial charge >= 0.3 is 0 Å². The summed E-state index contributed by atoms with van der Waals surface area (Å²) < 4.78 is 23.2. The van der Waals surface area contributed by atoms with E-state index in [2.05, 4.69) is 0 Å². The van der Waals surface area contributed by atoms with E-state index >= 15 is 0 Å². The molecule has 0 atom stereocenters. The van der Waals surface area contributed by atoms with E-state index in [-0.39, 0.29) is 4.90 Å². The lowest BCUT2D eigenvalue weighted by atomic mass is 10.0. The highest BCUT2D eigenvalue weighted by atomic mass is 32.2. The van der Waals surface area contributed by atoms with Crippen LogP contribution in [0.15, 0.2) is 53.4 Å². The third kappa shape index (κ3) is 3.66. The predicted octanol–water partition coefficient (Wildman–Crippen LogP) is 2.43. The average Bonchev–Trinajstić information content (AvgIpc) is 2.37. The molecule has 2 aromatic rings. The molecule has 0 aliphatic carbocycles. The zero-order chi connectivity index (χ0) is 13.9. The van der Waals surface area contributed by atoms with E-state index in [0.717, 1.165) is 17.5 Å². The molecular weight excluding hydrogens is 258 g/mol. The van der Waals surface area contributed by atoms with Crippen molar-refractivity contribution in [3.05, 3.63) is 65.2 Å². The fraction of sp³-hybridized carbons (Fsp3) is 0.200. The van der Waals surface area contributed by atoms with Gasteiger partial charge in [-0.05, 0) is 42.5 Å². The fourth-order valence-electron chi connectivity index (χ4n) is 2.06. The second kappa shape index (κ2) is 5.55. The highest BCUT2D eigenvalue weighted by Gasteiger charge is 2.13. The number of nitrogens with two attached hydrogens (primary N) is 1. The van der Waals surface area contributed by atoms with Gasteiger partial charge in [0.2, 0.25) is 10.0 Å². The lowest BCUT2D eigenvalue weighted by Gasteiger charge is -2.09. The molecule has 0 fully saturated rings. The predicted molar refractivity (Wildman–Crippen MR) is 76.4 cm³/mol. The van der Waals surface area contributed by atoms with Crippen LogP contribution in [0.3, 0.4) is 0 Å². The summed E-state index contributed by atoms with van der Waals surface area (Å²) in [6.45, 7) is 1.86. The van der Waals surface area contributed by atoms with E-state index < -0.39 is 10.0 Å². The van der Waals surface area contributed by atoms with E-state index in [1.54, 1.807) is 6.07 Å². The molecule has 0 aromatic heterocycles. The molecule has 0 heterocycles. The van der Waals surface area contributed by atoms with Crippen molar-refractivity contribution in [3.8, 4) is 0 Å². The summed E-state index contributed by atoms with van der Waals surface area (Å²) in [5, 5.41) is 5.27. The SMILES string of the molecule is Cc1ccc(CCc2ccccc2)c(S(N)(=O)=O)c1. The molecule has 0 unspecified atom stereocenters. The number of hydrogen-bond donors (Lipinski definition) is 1. The number of sulfonamides is 1. The van der Waals surface area contributed by atoms with Gasteiger partial charge in [-0.1, -0.05) is 42.5 Å². The van der Waals surface area contributed by atoms with Crippen LogP contribution in [0.25, 0.3) is 0 Å². The first-order valence-electron chi connectivity index (χ1n) is 6.13. The third-order valence-corrected chi connectivity index (χ3v) is 4.05. The van der Waals surface area contributed by atoms with Crippen LogP contribution in [0.4, 0.5) is 0 Å². The Morgan fingerprint density at radius 1 is 1.00 bits per heavy atom. The Morgan fingerprint density at radius 2 is 1.68 bits per heavy atom. The van der Waals surface area contributed by atoms with Crippen molar-refractivity contribution in [3.63, 3.8) is 0 Å². The second-order valence-electron chi connectivity index (χ2n) is 4.64. The number of aryl methyl sites for hydroxylation is 3. The molecule has 0 saturated heterocycles. The van der Waals surface area contributed by atoms with Crippen molar-refractivity contribution in [2.75, 3.05) is 0 Å². The summed E-state index contributed by atoms with van der Waals surface area (Å²) in [4.78, 5) is 0.239. The minimum Gasteiger partial charge on any atom is -0.225 e. The van der Waals surface area contributed by atoms with Gasteiger partial charge in [-0.25, -0.2) is 13.6 Å². The molecule has 0 aliphatic heterocycles. The van der Waals surface area contributed by atoms with Crippen LogP contribution < -0.4 is 5.14 Å². The van der Waals surface area contributed by atoms with Gasteiger partial charge in [0.1, 0.15) is 0 Å². The molecule has 100 valence electrons. The highest BCUT2D eigenvalue weighted by Crippen LogP contribution is 2.18. The van der Waals surface area contributed by atoms with Crippen molar-refractivity contribution in [2.24, 2.45) is 5.14 Å². The first-order chi connectivity index (χ1) is 8.97. The molecule has 3 nitrogen and oxygen atoms in total. The Kier molecular flexibility index (Phi) is 4.02. The first kappa shape index (κ1) is 13.8. The van der Waals surface area contributed by atoms with Gasteiger partial charge in [-0.3, -0.25) is 0 Å². The molecule has 2 N–H and O–H groups in total. The number of hydrogen-bond acceptors (Lipinski definition) is 2. The lowest BCUT2D eigenvalue weighted by molar-refractivity contribution is 0.596. The lowest BCUT2D eigenvalue weighted by Crippen LogP contribution is -2.15. The van der Waals surface area contributed by atoms with Gasteiger partial charge in [-0.2, -0.15) is 0 Å². The van der Waals surface area contributed by atoms with Crippen LogP contribution in [-0.2, 0) is 22.9 Å². The minimum atomic E-state index is -3.66. The maximum Gasteiger partial charge on any atom is 0.238 e. The Labute approximate surface area is 114 Å². The van der Waals surface area contributed by atoms with Crippen molar-refractivity contribution in [1.29, 1.82) is 0 Å². The normalized spacial score (nSPS) is 11.5. The third-order valence-electron chi connectivity index (χ3n) is 3.06. The standard InChI is InChI=1S/C15H17NO2S/c1-12-7-9-14(15(11-12)19(16,17)18)10-8-13-5-3-2-4-6-13/h2-7,9,11H,8,10H2,1H3,(H2,16,17,18). The number of benzene rings is 2. The van der Waals surface area contributed by atoms with Crippen LogP contribution in [0.2, 0.25) is 0 Å². The van der Waals surface area contributed by atoms with Gasteiger partial charge in [0.25, 0.3) is 0 Å². The van der Waals surface area contributed by atoms with Gasteiger partial charge in [0.15, 0.2) is 0 Å². The Balaban J connectivity index is 2.26. The zero-order valence-electron chi connectivity index (χ0n) is 10.8. The average molecular weight is 275 g/mol. The summed E-state index contributed by atoms with van der Waals surface area (Å²) in [7, 11) is -3.66. The topological polar surface area (TPSA) is 60.2 Å². The Hall–Kier alpha value is -1.65. The van der Waals surface area contributed by atoms with Gasteiger partial charge in [0, 0.05) is 0 Å². The van der Waals surface area contributed by atoms with Gasteiger partial charge in [0.05, 0.1) is 4.90 Å². The summed E-state index contributed by atoms with van der Waals surface area (Å²) in [5.41, 5.74) is 2.85. The fourth-order valence-corrected chi connectivity index (χ4v) is 2.94. The summed E-state index contributed by atoms with van der Waals surface area (Å²) in [5.74, 6) is 0. The maximum atomic E-state index is 11.6. The van der Waals surface area contributed by atoms with Crippen molar-refractivity contribution in [1.82, 2.24) is 0 Å². The first-order valence-corrected chi connectivity index (χ1v) is 7.68. The molecule has 0 amide bonds. The second-order valence-corrected chi connectivity index (χ2v) is 6.17. The van der Waals surface area contributed by atoms with Crippen LogP contribution in [0, 0.1) is 6.92 Å². The molecule has 2 rings (SSSR count). The molecule has 0 saturated carbocycles. The molecule has 4 heteroatoms. The summed E-state index contributed by atoms with van der Waals surface area (Å²) >= 11 is 0. The molecule has 0 radical (unpaired) electrons. The Morgan fingerprint density at radius 3 is 2.32 bits per heavy atom. The highest BCUT2D eigenvalue weighted by molar-refractivity contribution is 7.89. The van der Waals surface area contributed by atoms with Gasteiger partial charge < -0.3 is 0 Å². The summed E-state index contributed by atoms with van der Waals surface area (Å²) in [6.07, 6.45) is 1.46. The molecular formula is C15H17NO2S. The van der Waals surface area contributed by atoms with Crippen molar-refractivity contribution in [2.45, 2.75) is 24.7 Å². The van der Waals surface area contributed by atoms with E-state index in [1.807, 2.05) is 49.4 Å². The molecule has 19 heavy (non-hydrogen) atoms. The minimum absolute atomic E-state index is 0.239. The smallest absolute Gasteiger partial charge is 0.225 e. The van der Waals surface area contributed by atoms with Crippen LogP contribution in [-0.4, -0.2) is 8.42 Å². The van der Waals surface area contributed by atoms with E-state index in [1.165, 1.54) is 5.56 Å².